The van der Waals surface area contributed by atoms with Crippen LogP contribution in [0.3, 0.4) is 0 Å². The fourth-order valence-electron chi connectivity index (χ4n) is 3.24. The summed E-state index contributed by atoms with van der Waals surface area (Å²) in [5, 5.41) is 5.61. The van der Waals surface area contributed by atoms with Crippen molar-refractivity contribution in [2.24, 2.45) is 17.3 Å². The van der Waals surface area contributed by atoms with Crippen LogP contribution in [-0.2, 0) is 14.6 Å². The van der Waals surface area contributed by atoms with Gasteiger partial charge in [-0.25, -0.2) is 8.42 Å². The van der Waals surface area contributed by atoms with E-state index in [0.717, 1.165) is 0 Å². The molecule has 2 fully saturated rings. The summed E-state index contributed by atoms with van der Waals surface area (Å²) in [6, 6.07) is -0.383. The predicted octanol–water partition coefficient (Wildman–Crippen LogP) is 3.17. The van der Waals surface area contributed by atoms with Gasteiger partial charge in [-0.3, -0.25) is 10.1 Å². The number of alkyl halides is 3. The van der Waals surface area contributed by atoms with Crippen LogP contribution < -0.4 is 10.6 Å². The molecule has 0 spiro atoms. The topological polar surface area (TPSA) is 75.3 Å². The van der Waals surface area contributed by atoms with Gasteiger partial charge in [0.15, 0.2) is 9.84 Å². The zero-order chi connectivity index (χ0) is 19.2. The molecule has 0 aromatic carbocycles. The van der Waals surface area contributed by atoms with Crippen LogP contribution in [0.5, 0.6) is 0 Å². The highest BCUT2D eigenvalue weighted by atomic mass is 35.6. The molecule has 1 amide bonds. The van der Waals surface area contributed by atoms with E-state index in [-0.39, 0.29) is 45.2 Å². The molecule has 1 aliphatic heterocycles. The van der Waals surface area contributed by atoms with Crippen LogP contribution in [0.1, 0.15) is 20.3 Å². The Morgan fingerprint density at radius 3 is 2.32 bits per heavy atom. The molecule has 1 heterocycles. The molecule has 0 bridgehead atoms. The summed E-state index contributed by atoms with van der Waals surface area (Å²) in [6.45, 7) is 3.83. The molecule has 1 saturated heterocycles. The van der Waals surface area contributed by atoms with Crippen LogP contribution in [0.2, 0.25) is 0 Å². The molecule has 5 nitrogen and oxygen atoms in total. The fraction of sp³-hybridized carbons (Fsp3) is 0.786. The summed E-state index contributed by atoms with van der Waals surface area (Å²) in [4.78, 5) is 12.6. The number of carbonyl (C=O) groups is 1. The molecule has 1 saturated carbocycles. The van der Waals surface area contributed by atoms with Crippen LogP contribution in [0.4, 0.5) is 0 Å². The lowest BCUT2D eigenvalue weighted by Gasteiger charge is -2.29. The van der Waals surface area contributed by atoms with Crippen molar-refractivity contribution in [1.29, 1.82) is 0 Å². The lowest BCUT2D eigenvalue weighted by molar-refractivity contribution is -0.124. The maximum absolute atomic E-state index is 12.6. The molecule has 2 rings (SSSR count). The summed E-state index contributed by atoms with van der Waals surface area (Å²) in [5.74, 6) is -0.792. The minimum absolute atomic E-state index is 0.0533. The van der Waals surface area contributed by atoms with Gasteiger partial charge >= 0.3 is 0 Å². The Labute approximate surface area is 172 Å². The molecule has 0 unspecified atom stereocenters. The maximum Gasteiger partial charge on any atom is 0.225 e. The van der Waals surface area contributed by atoms with E-state index in [9.17, 15) is 13.2 Å². The van der Waals surface area contributed by atoms with Crippen LogP contribution in [0.15, 0.2) is 10.6 Å². The number of allylic oxidation sites excluding steroid dienone is 1. The van der Waals surface area contributed by atoms with E-state index in [1.54, 1.807) is 6.08 Å². The van der Waals surface area contributed by atoms with Crippen molar-refractivity contribution in [3.8, 4) is 0 Å². The summed E-state index contributed by atoms with van der Waals surface area (Å²) >= 11 is 29.3. The highest BCUT2D eigenvalue weighted by Gasteiger charge is 2.61. The molecule has 0 aromatic heterocycles. The summed E-state index contributed by atoms with van der Waals surface area (Å²) in [5.41, 5.74) is -0.325. The van der Waals surface area contributed by atoms with Gasteiger partial charge in [-0.15, -0.1) is 0 Å². The number of hydrogen-bond donors (Lipinski definition) is 2. The van der Waals surface area contributed by atoms with Crippen molar-refractivity contribution in [2.75, 3.05) is 11.5 Å². The summed E-state index contributed by atoms with van der Waals surface area (Å²) in [7, 11) is -3.10. The first-order chi connectivity index (χ1) is 11.2. The molecule has 0 aromatic rings. The van der Waals surface area contributed by atoms with Crippen LogP contribution in [0, 0.1) is 17.3 Å². The third-order valence-corrected chi connectivity index (χ3v) is 7.42. The lowest BCUT2D eigenvalue weighted by atomic mass is 10.1. The van der Waals surface area contributed by atoms with Crippen LogP contribution in [0.25, 0.3) is 0 Å². The largest absolute Gasteiger partial charge is 0.336 e. The third-order valence-electron chi connectivity index (χ3n) is 4.75. The average molecular weight is 473 g/mol. The van der Waals surface area contributed by atoms with E-state index in [1.165, 1.54) is 0 Å². The molecule has 4 atom stereocenters. The first kappa shape index (κ1) is 21.9. The van der Waals surface area contributed by atoms with Gasteiger partial charge in [0.2, 0.25) is 9.70 Å². The average Bonchev–Trinajstić information content (AvgIpc) is 2.75. The van der Waals surface area contributed by atoms with Crippen molar-refractivity contribution in [3.63, 3.8) is 0 Å². The maximum atomic E-state index is 12.6. The molecule has 25 heavy (non-hydrogen) atoms. The highest BCUT2D eigenvalue weighted by molar-refractivity contribution is 7.91. The highest BCUT2D eigenvalue weighted by Crippen LogP contribution is 2.59. The summed E-state index contributed by atoms with van der Waals surface area (Å²) in [6.07, 6.45) is 1.00. The van der Waals surface area contributed by atoms with Crippen LogP contribution in [-0.4, -0.2) is 41.8 Å². The second-order valence-electron chi connectivity index (χ2n) is 7.03. The number of halogens is 5. The van der Waals surface area contributed by atoms with Gasteiger partial charge in [0, 0.05) is 6.04 Å². The molecule has 2 N–H and O–H groups in total. The zero-order valence-corrected chi connectivity index (χ0v) is 18.1. The fourth-order valence-corrected chi connectivity index (χ4v) is 5.55. The third kappa shape index (κ3) is 5.53. The summed E-state index contributed by atoms with van der Waals surface area (Å²) < 4.78 is 21.4. The SMILES string of the molecule is CC1(C)[C@H](C=C(Cl)Cl)[C@H]1C(=O)N[C@H](N[C@@H]1CCS(=O)(=O)C1)C(Cl)(Cl)Cl. The van der Waals surface area contributed by atoms with Gasteiger partial charge < -0.3 is 5.32 Å². The van der Waals surface area contributed by atoms with E-state index >= 15 is 0 Å². The van der Waals surface area contributed by atoms with Gasteiger partial charge in [0.25, 0.3) is 0 Å². The Morgan fingerprint density at radius 1 is 1.28 bits per heavy atom. The van der Waals surface area contributed by atoms with Crippen molar-refractivity contribution >= 4 is 73.7 Å². The van der Waals surface area contributed by atoms with Gasteiger partial charge in [0.1, 0.15) is 10.7 Å². The zero-order valence-electron chi connectivity index (χ0n) is 13.5. The molecular weight excluding hydrogens is 453 g/mol. The minimum Gasteiger partial charge on any atom is -0.336 e. The Hall–Kier alpha value is 0.570. The van der Waals surface area contributed by atoms with E-state index in [1.807, 2.05) is 13.8 Å². The second kappa shape index (κ2) is 7.53. The molecular formula is C14H19Cl5N2O3S. The number of nitrogens with one attached hydrogen (secondary N) is 2. The Kier molecular flexibility index (Phi) is 6.59. The normalized spacial score (nSPS) is 31.2. The van der Waals surface area contributed by atoms with E-state index < -0.39 is 19.8 Å². The smallest absolute Gasteiger partial charge is 0.225 e. The monoisotopic (exact) mass is 470 g/mol. The van der Waals surface area contributed by atoms with Gasteiger partial charge in [-0.1, -0.05) is 71.9 Å². The molecule has 11 heteroatoms. The molecule has 1 aliphatic carbocycles. The van der Waals surface area contributed by atoms with E-state index in [0.29, 0.717) is 6.42 Å². The molecule has 0 radical (unpaired) electrons. The van der Waals surface area contributed by atoms with Crippen molar-refractivity contribution in [2.45, 2.75) is 36.3 Å². The molecule has 2 aliphatic rings. The Balaban J connectivity index is 2.06. The van der Waals surface area contributed by atoms with Gasteiger partial charge in [0.05, 0.1) is 17.4 Å². The van der Waals surface area contributed by atoms with Crippen molar-refractivity contribution in [1.82, 2.24) is 10.6 Å². The first-order valence-electron chi connectivity index (χ1n) is 7.60. The number of amides is 1. The lowest BCUT2D eigenvalue weighted by Crippen LogP contribution is -2.57. The number of sulfone groups is 1. The minimum atomic E-state index is -3.10. The van der Waals surface area contributed by atoms with Crippen molar-refractivity contribution in [3.05, 3.63) is 10.6 Å². The number of hydrogen-bond acceptors (Lipinski definition) is 4. The van der Waals surface area contributed by atoms with Gasteiger partial charge in [-0.2, -0.15) is 0 Å². The number of carbonyl (C=O) groups excluding carboxylic acids is 1. The second-order valence-corrected chi connectivity index (χ2v) is 12.6. The van der Waals surface area contributed by atoms with Gasteiger partial charge in [-0.05, 0) is 23.8 Å². The molecule has 144 valence electrons. The van der Waals surface area contributed by atoms with Crippen molar-refractivity contribution < 1.29 is 13.2 Å². The van der Waals surface area contributed by atoms with E-state index in [4.69, 9.17) is 58.0 Å². The Bertz CT molecular complexity index is 670. The van der Waals surface area contributed by atoms with E-state index in [2.05, 4.69) is 10.6 Å². The van der Waals surface area contributed by atoms with Crippen LogP contribution >= 0.6 is 58.0 Å². The standard InChI is InChI=1S/C14H19Cl5N2O3S/c1-13(2)8(5-9(15)16)10(13)11(22)21-12(14(17,18)19)20-7-3-4-25(23,24)6-7/h5,7-8,10,12,20H,3-4,6H2,1-2H3,(H,21,22)/t7-,8-,10+,12+/m1/s1. The Morgan fingerprint density at radius 2 is 1.88 bits per heavy atom. The predicted molar refractivity (Wildman–Crippen MR) is 103 cm³/mol. The first-order valence-corrected chi connectivity index (χ1v) is 11.3. The number of rotatable bonds is 5. The quantitative estimate of drug-likeness (QED) is 0.476.